The van der Waals surface area contributed by atoms with Crippen molar-refractivity contribution in [2.24, 2.45) is 0 Å². The summed E-state index contributed by atoms with van der Waals surface area (Å²) >= 11 is 10.5. The first-order chi connectivity index (χ1) is 12.9. The van der Waals surface area contributed by atoms with Crippen LogP contribution in [0.5, 0.6) is 0 Å². The van der Waals surface area contributed by atoms with E-state index < -0.39 is 69.1 Å². The molecule has 0 spiro atoms. The van der Waals surface area contributed by atoms with Crippen LogP contribution in [0.3, 0.4) is 0 Å². The Hall–Kier alpha value is -2.06. The molecular weight excluding hydrogens is 433 g/mol. The van der Waals surface area contributed by atoms with Gasteiger partial charge in [0, 0.05) is 22.3 Å². The van der Waals surface area contributed by atoms with Crippen LogP contribution in [0.1, 0.15) is 31.8 Å². The zero-order chi connectivity index (χ0) is 21.3. The third-order valence-corrected chi connectivity index (χ3v) is 4.34. The number of benzene rings is 2. The van der Waals surface area contributed by atoms with E-state index in [9.17, 15) is 35.9 Å². The minimum atomic E-state index is -4.15. The van der Waals surface area contributed by atoms with Crippen LogP contribution in [-0.4, -0.2) is 23.8 Å². The molecule has 0 radical (unpaired) electrons. The van der Waals surface area contributed by atoms with Gasteiger partial charge in [-0.15, -0.1) is 0 Å². The average molecular weight is 443 g/mol. The quantitative estimate of drug-likeness (QED) is 0.376. The van der Waals surface area contributed by atoms with Gasteiger partial charge in [-0.05, 0) is 58.6 Å². The van der Waals surface area contributed by atoms with Gasteiger partial charge in [-0.3, -0.25) is 9.59 Å². The maximum atomic E-state index is 14.1. The Morgan fingerprint density at radius 3 is 1.29 bits per heavy atom. The fourth-order valence-electron chi connectivity index (χ4n) is 2.55. The van der Waals surface area contributed by atoms with Crippen molar-refractivity contribution < 1.29 is 35.9 Å². The number of carbonyl (C=O) groups is 2. The van der Waals surface area contributed by atoms with Crippen LogP contribution in [0.15, 0.2) is 36.4 Å². The van der Waals surface area contributed by atoms with Crippen LogP contribution >= 0.6 is 23.2 Å². The van der Waals surface area contributed by atoms with Gasteiger partial charge >= 0.3 is 11.8 Å². The van der Waals surface area contributed by atoms with Gasteiger partial charge in [-0.1, -0.05) is 12.1 Å². The molecule has 0 aliphatic heterocycles. The first kappa shape index (κ1) is 22.2. The summed E-state index contributed by atoms with van der Waals surface area (Å²) in [5.41, 5.74) is -4.19. The van der Waals surface area contributed by atoms with Crippen LogP contribution in [0.25, 0.3) is 11.1 Å². The van der Waals surface area contributed by atoms with Gasteiger partial charge in [0.2, 0.25) is 0 Å². The van der Waals surface area contributed by atoms with Crippen molar-refractivity contribution >= 4 is 33.7 Å². The van der Waals surface area contributed by atoms with E-state index >= 15 is 0 Å². The molecule has 0 aliphatic carbocycles. The van der Waals surface area contributed by atoms with Gasteiger partial charge in [-0.2, -0.15) is 17.6 Å². The number of hydrogen-bond donors (Lipinski definition) is 0. The third-order valence-electron chi connectivity index (χ3n) is 3.91. The summed E-state index contributed by atoms with van der Waals surface area (Å²) in [5.74, 6) is -8.30. The number of halogens is 8. The zero-order valence-electron chi connectivity index (χ0n) is 13.7. The highest BCUT2D eigenvalue weighted by atomic mass is 35.5. The van der Waals surface area contributed by atoms with Gasteiger partial charge in [0.1, 0.15) is 0 Å². The lowest BCUT2D eigenvalue weighted by Gasteiger charge is -2.22. The topological polar surface area (TPSA) is 34.1 Å². The third kappa shape index (κ3) is 4.33. The van der Waals surface area contributed by atoms with Gasteiger partial charge in [0.25, 0.3) is 10.5 Å². The molecule has 0 heterocycles. The fourth-order valence-corrected chi connectivity index (χ4v) is 2.79. The first-order valence-corrected chi connectivity index (χ1v) is 8.27. The Balaban J connectivity index is 2.87. The van der Waals surface area contributed by atoms with Crippen molar-refractivity contribution in [1.82, 2.24) is 0 Å². The van der Waals surface area contributed by atoms with E-state index in [1.165, 1.54) is 0 Å². The molecule has 2 nitrogen and oxygen atoms in total. The molecule has 0 unspecified atom stereocenters. The van der Waals surface area contributed by atoms with E-state index in [1.54, 1.807) is 0 Å². The lowest BCUT2D eigenvalue weighted by atomic mass is 9.88. The number of hydrogen-bond acceptors (Lipinski definition) is 2. The molecule has 0 saturated carbocycles. The molecule has 0 aromatic heterocycles. The van der Waals surface area contributed by atoms with Gasteiger partial charge in [0.15, 0.2) is 13.3 Å². The largest absolute Gasteiger partial charge is 0.301 e. The van der Waals surface area contributed by atoms with Crippen molar-refractivity contribution in [2.45, 2.75) is 11.8 Å². The summed E-state index contributed by atoms with van der Waals surface area (Å²) in [6.07, 6.45) is 0. The standard InChI is InChI=1S/C18H10Cl2F6O2/c19-15(27)9-1-3-11(13(5-9)17(23,24)7-21)12-4-2-10(16(20)28)6-14(12)18(25,26)8-22/h1-6H,7-8H2. The molecule has 0 atom stereocenters. The number of alkyl halides is 6. The maximum absolute atomic E-state index is 14.1. The summed E-state index contributed by atoms with van der Waals surface area (Å²) in [6, 6.07) is 4.82. The molecule has 150 valence electrons. The average Bonchev–Trinajstić information content (AvgIpc) is 2.66. The second-order valence-electron chi connectivity index (χ2n) is 5.74. The van der Waals surface area contributed by atoms with Crippen LogP contribution < -0.4 is 0 Å². The highest BCUT2D eigenvalue weighted by Crippen LogP contribution is 2.43. The minimum absolute atomic E-state index is 0.417. The van der Waals surface area contributed by atoms with E-state index in [4.69, 9.17) is 23.2 Å². The molecule has 0 amide bonds. The fraction of sp³-hybridized carbons (Fsp3) is 0.222. The van der Waals surface area contributed by atoms with Crippen LogP contribution in [0.2, 0.25) is 0 Å². The van der Waals surface area contributed by atoms with Gasteiger partial charge in [-0.25, -0.2) is 8.78 Å². The highest BCUT2D eigenvalue weighted by molar-refractivity contribution is 6.68. The SMILES string of the molecule is O=C(Cl)c1ccc(-c2ccc(C(=O)Cl)cc2C(F)(F)CF)c(C(F)(F)CF)c1. The smallest absolute Gasteiger partial charge is 0.276 e. The normalized spacial score (nSPS) is 12.1. The molecule has 2 aromatic carbocycles. The highest BCUT2D eigenvalue weighted by Gasteiger charge is 2.39. The maximum Gasteiger partial charge on any atom is 0.301 e. The number of carbonyl (C=O) groups excluding carboxylic acids is 2. The predicted octanol–water partition coefficient (Wildman–Crippen LogP) is 6.23. The van der Waals surface area contributed by atoms with Gasteiger partial charge < -0.3 is 0 Å². The lowest BCUT2D eigenvalue weighted by molar-refractivity contribution is -0.0295. The lowest BCUT2D eigenvalue weighted by Crippen LogP contribution is -2.21. The van der Waals surface area contributed by atoms with Crippen molar-refractivity contribution in [1.29, 1.82) is 0 Å². The summed E-state index contributed by atoms with van der Waals surface area (Å²) < 4.78 is 82.3. The molecular formula is C18H10Cl2F6O2. The first-order valence-electron chi connectivity index (χ1n) is 7.51. The van der Waals surface area contributed by atoms with E-state index in [2.05, 4.69) is 0 Å². The summed E-state index contributed by atoms with van der Waals surface area (Å²) in [4.78, 5) is 22.5. The second kappa shape index (κ2) is 8.13. The molecule has 0 bridgehead atoms. The Kier molecular flexibility index (Phi) is 6.45. The van der Waals surface area contributed by atoms with E-state index in [0.717, 1.165) is 24.3 Å². The van der Waals surface area contributed by atoms with Crippen LogP contribution in [0.4, 0.5) is 26.3 Å². The summed E-state index contributed by atoms with van der Waals surface area (Å²) in [6.45, 7) is -4.37. The van der Waals surface area contributed by atoms with Crippen molar-refractivity contribution in [3.8, 4) is 11.1 Å². The molecule has 0 fully saturated rings. The molecule has 0 saturated heterocycles. The minimum Gasteiger partial charge on any atom is -0.276 e. The van der Waals surface area contributed by atoms with E-state index in [-0.39, 0.29) is 0 Å². The Bertz CT molecular complexity index is 855. The Morgan fingerprint density at radius 2 is 1.04 bits per heavy atom. The molecule has 0 aliphatic rings. The van der Waals surface area contributed by atoms with Crippen LogP contribution in [-0.2, 0) is 11.8 Å². The van der Waals surface area contributed by atoms with E-state index in [0.29, 0.717) is 12.1 Å². The van der Waals surface area contributed by atoms with Crippen LogP contribution in [0, 0.1) is 0 Å². The molecule has 0 N–H and O–H groups in total. The van der Waals surface area contributed by atoms with Crippen molar-refractivity contribution in [3.63, 3.8) is 0 Å². The Morgan fingerprint density at radius 1 is 0.714 bits per heavy atom. The predicted molar refractivity (Wildman–Crippen MR) is 92.0 cm³/mol. The second-order valence-corrected chi connectivity index (χ2v) is 6.43. The van der Waals surface area contributed by atoms with Crippen molar-refractivity contribution in [2.75, 3.05) is 13.3 Å². The number of rotatable bonds is 7. The zero-order valence-corrected chi connectivity index (χ0v) is 15.2. The molecule has 2 aromatic rings. The summed E-state index contributed by atoms with van der Waals surface area (Å²) in [7, 11) is 0. The Labute approximate surface area is 165 Å². The molecule has 2 rings (SSSR count). The molecule has 10 heteroatoms. The van der Waals surface area contributed by atoms with Gasteiger partial charge in [0.05, 0.1) is 0 Å². The van der Waals surface area contributed by atoms with Crippen molar-refractivity contribution in [3.05, 3.63) is 58.7 Å². The van der Waals surface area contributed by atoms with E-state index in [1.807, 2.05) is 0 Å². The summed E-state index contributed by atoms with van der Waals surface area (Å²) in [5, 5.41) is -2.25. The monoisotopic (exact) mass is 442 g/mol. The molecule has 28 heavy (non-hydrogen) atoms.